The molecule has 3 aromatic rings. The fourth-order valence-electron chi connectivity index (χ4n) is 3.22. The monoisotopic (exact) mass is 395 g/mol. The third-order valence-electron chi connectivity index (χ3n) is 4.53. The molecular weight excluding hydrogens is 379 g/mol. The number of hydrogen-bond acceptors (Lipinski definition) is 4. The number of nitrogens with zero attached hydrogens (tertiary/aromatic N) is 2. The smallest absolute Gasteiger partial charge is 0.371 e. The van der Waals surface area contributed by atoms with Gasteiger partial charge in [0, 0.05) is 23.7 Å². The Morgan fingerprint density at radius 2 is 2.19 bits per heavy atom. The van der Waals surface area contributed by atoms with Crippen LogP contribution in [0.15, 0.2) is 36.0 Å². The zero-order chi connectivity index (χ0) is 19.2. The molecule has 27 heavy (non-hydrogen) atoms. The number of fused-ring (bicyclic) bond motifs is 2. The standard InChI is InChI=1S/C18H16F3N3O2S/c1-10(16-12-5-7-27-13(12)4-6-26-16)22-17(25)11-2-3-15-23-14(18(19,20)21)9-24(15)8-11/h2-3,5,7-10,16H,4,6H2,1H3,(H,22,25). The van der Waals surface area contributed by atoms with Crippen molar-refractivity contribution in [2.24, 2.45) is 0 Å². The Morgan fingerprint density at radius 3 is 2.96 bits per heavy atom. The molecule has 0 fully saturated rings. The molecule has 5 nitrogen and oxygen atoms in total. The zero-order valence-electron chi connectivity index (χ0n) is 14.3. The van der Waals surface area contributed by atoms with Crippen molar-refractivity contribution in [1.82, 2.24) is 14.7 Å². The molecule has 1 aliphatic rings. The number of aromatic nitrogens is 2. The van der Waals surface area contributed by atoms with E-state index in [1.165, 1.54) is 27.6 Å². The zero-order valence-corrected chi connectivity index (χ0v) is 15.1. The van der Waals surface area contributed by atoms with Crippen LogP contribution >= 0.6 is 11.3 Å². The van der Waals surface area contributed by atoms with Crippen LogP contribution in [0.1, 0.15) is 39.5 Å². The van der Waals surface area contributed by atoms with Crippen molar-refractivity contribution in [2.45, 2.75) is 31.7 Å². The number of carbonyl (C=O) groups is 1. The number of halogens is 3. The van der Waals surface area contributed by atoms with Crippen LogP contribution in [0.4, 0.5) is 13.2 Å². The van der Waals surface area contributed by atoms with Gasteiger partial charge in [0.2, 0.25) is 0 Å². The van der Waals surface area contributed by atoms with Crippen molar-refractivity contribution in [3.05, 3.63) is 57.7 Å². The Kier molecular flexibility index (Phi) is 4.43. The second-order valence-electron chi connectivity index (χ2n) is 6.41. The number of ether oxygens (including phenoxy) is 1. The van der Waals surface area contributed by atoms with Crippen LogP contribution in [-0.4, -0.2) is 27.9 Å². The maximum atomic E-state index is 12.8. The molecule has 0 aromatic carbocycles. The predicted molar refractivity (Wildman–Crippen MR) is 93.8 cm³/mol. The van der Waals surface area contributed by atoms with Crippen LogP contribution in [-0.2, 0) is 17.3 Å². The van der Waals surface area contributed by atoms with Gasteiger partial charge in [-0.1, -0.05) is 0 Å². The molecule has 2 atom stereocenters. The van der Waals surface area contributed by atoms with Gasteiger partial charge in [0.1, 0.15) is 11.8 Å². The number of amides is 1. The summed E-state index contributed by atoms with van der Waals surface area (Å²) in [6.07, 6.45) is -1.69. The Bertz CT molecular complexity index is 995. The van der Waals surface area contributed by atoms with Crippen LogP contribution in [0, 0.1) is 0 Å². The summed E-state index contributed by atoms with van der Waals surface area (Å²) in [5.74, 6) is -0.377. The first-order chi connectivity index (χ1) is 12.8. The third-order valence-corrected chi connectivity index (χ3v) is 5.53. The summed E-state index contributed by atoms with van der Waals surface area (Å²) in [5, 5.41) is 4.89. The molecule has 0 saturated carbocycles. The lowest BCUT2D eigenvalue weighted by atomic mass is 10.0. The fraction of sp³-hybridized carbons (Fsp3) is 0.333. The highest BCUT2D eigenvalue weighted by molar-refractivity contribution is 7.10. The van der Waals surface area contributed by atoms with E-state index in [4.69, 9.17) is 4.74 Å². The number of nitrogens with one attached hydrogen (secondary N) is 1. The lowest BCUT2D eigenvalue weighted by Gasteiger charge is -2.29. The van der Waals surface area contributed by atoms with Crippen LogP contribution in [0.2, 0.25) is 0 Å². The first kappa shape index (κ1) is 18.0. The van der Waals surface area contributed by atoms with Crippen molar-refractivity contribution < 1.29 is 22.7 Å². The van der Waals surface area contributed by atoms with Crippen LogP contribution in [0.3, 0.4) is 0 Å². The van der Waals surface area contributed by atoms with Crippen LogP contribution < -0.4 is 5.32 Å². The Morgan fingerprint density at radius 1 is 1.37 bits per heavy atom. The molecular formula is C18H16F3N3O2S. The summed E-state index contributed by atoms with van der Waals surface area (Å²) in [6, 6.07) is 4.57. The minimum Gasteiger partial charge on any atom is -0.371 e. The second kappa shape index (κ2) is 6.65. The number of pyridine rings is 1. The van der Waals surface area contributed by atoms with Crippen molar-refractivity contribution in [2.75, 3.05) is 6.61 Å². The lowest BCUT2D eigenvalue weighted by molar-refractivity contribution is -0.140. The van der Waals surface area contributed by atoms with Gasteiger partial charge in [-0.2, -0.15) is 13.2 Å². The first-order valence-electron chi connectivity index (χ1n) is 8.37. The second-order valence-corrected chi connectivity index (χ2v) is 7.41. The van der Waals surface area contributed by atoms with Crippen LogP contribution in [0.5, 0.6) is 0 Å². The number of hydrogen-bond donors (Lipinski definition) is 1. The minimum absolute atomic E-state index is 0.130. The molecule has 9 heteroatoms. The van der Waals surface area contributed by atoms with Gasteiger partial charge in [-0.3, -0.25) is 4.79 Å². The van der Waals surface area contributed by atoms with E-state index in [1.54, 1.807) is 11.3 Å². The normalized spacial score (nSPS) is 18.3. The van der Waals surface area contributed by atoms with E-state index in [-0.39, 0.29) is 29.3 Å². The maximum absolute atomic E-state index is 12.8. The average Bonchev–Trinajstić information content (AvgIpc) is 3.26. The summed E-state index contributed by atoms with van der Waals surface area (Å²) in [6.45, 7) is 2.45. The molecule has 2 unspecified atom stereocenters. The summed E-state index contributed by atoms with van der Waals surface area (Å²) in [4.78, 5) is 17.4. The first-order valence-corrected chi connectivity index (χ1v) is 9.25. The highest BCUT2D eigenvalue weighted by Crippen LogP contribution is 2.33. The number of carbonyl (C=O) groups excluding carboxylic acids is 1. The Labute approximate surface area is 156 Å². The summed E-state index contributed by atoms with van der Waals surface area (Å²) in [5.41, 5.74) is 0.472. The van der Waals surface area contributed by atoms with E-state index in [0.717, 1.165) is 18.2 Å². The minimum atomic E-state index is -4.53. The maximum Gasteiger partial charge on any atom is 0.434 e. The van der Waals surface area contributed by atoms with E-state index >= 15 is 0 Å². The van der Waals surface area contributed by atoms with Gasteiger partial charge in [-0.15, -0.1) is 11.3 Å². The molecule has 4 heterocycles. The largest absolute Gasteiger partial charge is 0.434 e. The van der Waals surface area contributed by atoms with E-state index in [9.17, 15) is 18.0 Å². The molecule has 142 valence electrons. The van der Waals surface area contributed by atoms with Crippen molar-refractivity contribution in [3.8, 4) is 0 Å². The SMILES string of the molecule is CC(NC(=O)c1ccc2nc(C(F)(F)F)cn2c1)C1OCCc2sccc21. The number of rotatable bonds is 3. The average molecular weight is 395 g/mol. The molecule has 0 radical (unpaired) electrons. The Balaban J connectivity index is 1.53. The van der Waals surface area contributed by atoms with E-state index in [2.05, 4.69) is 10.3 Å². The molecule has 0 spiro atoms. The van der Waals surface area contributed by atoms with Gasteiger partial charge in [-0.05, 0) is 36.1 Å². The van der Waals surface area contributed by atoms with Gasteiger partial charge in [0.25, 0.3) is 5.91 Å². The molecule has 0 aliphatic carbocycles. The molecule has 0 bridgehead atoms. The Hall–Kier alpha value is -2.39. The molecule has 0 saturated heterocycles. The van der Waals surface area contributed by atoms with Crippen molar-refractivity contribution >= 4 is 22.9 Å². The van der Waals surface area contributed by atoms with Gasteiger partial charge in [-0.25, -0.2) is 4.98 Å². The fourth-order valence-corrected chi connectivity index (χ4v) is 4.12. The van der Waals surface area contributed by atoms with Gasteiger partial charge >= 0.3 is 6.18 Å². The third kappa shape index (κ3) is 3.44. The molecule has 3 aromatic heterocycles. The predicted octanol–water partition coefficient (Wildman–Crippen LogP) is 3.85. The number of alkyl halides is 3. The summed E-state index contributed by atoms with van der Waals surface area (Å²) in [7, 11) is 0. The topological polar surface area (TPSA) is 55.6 Å². The molecule has 1 amide bonds. The van der Waals surface area contributed by atoms with E-state index < -0.39 is 11.9 Å². The van der Waals surface area contributed by atoms with E-state index in [1.807, 2.05) is 18.4 Å². The molecule has 4 rings (SSSR count). The number of thiophene rings is 1. The highest BCUT2D eigenvalue weighted by atomic mass is 32.1. The quantitative estimate of drug-likeness (QED) is 0.733. The molecule has 1 N–H and O–H groups in total. The highest BCUT2D eigenvalue weighted by Gasteiger charge is 2.34. The van der Waals surface area contributed by atoms with E-state index in [0.29, 0.717) is 6.61 Å². The van der Waals surface area contributed by atoms with Crippen molar-refractivity contribution in [3.63, 3.8) is 0 Å². The number of imidazole rings is 1. The van der Waals surface area contributed by atoms with Crippen LogP contribution in [0.25, 0.3) is 5.65 Å². The van der Waals surface area contributed by atoms with Gasteiger partial charge in [0.05, 0.1) is 18.2 Å². The lowest BCUT2D eigenvalue weighted by Crippen LogP contribution is -2.39. The summed E-state index contributed by atoms with van der Waals surface area (Å²) >= 11 is 1.67. The van der Waals surface area contributed by atoms with Gasteiger partial charge in [0.15, 0.2) is 5.69 Å². The molecule has 1 aliphatic heterocycles. The summed E-state index contributed by atoms with van der Waals surface area (Å²) < 4.78 is 45.4. The van der Waals surface area contributed by atoms with Gasteiger partial charge < -0.3 is 14.5 Å². The van der Waals surface area contributed by atoms with Crippen molar-refractivity contribution in [1.29, 1.82) is 0 Å².